The summed E-state index contributed by atoms with van der Waals surface area (Å²) in [5.74, 6) is 0.0668. The van der Waals surface area contributed by atoms with Crippen molar-refractivity contribution in [3.63, 3.8) is 0 Å². The van der Waals surface area contributed by atoms with E-state index in [1.165, 1.54) is 10.4 Å². The van der Waals surface area contributed by atoms with Gasteiger partial charge in [-0.2, -0.15) is 0 Å². The van der Waals surface area contributed by atoms with Crippen molar-refractivity contribution in [2.75, 3.05) is 19.8 Å². The zero-order chi connectivity index (χ0) is 38.5. The topological polar surface area (TPSA) is 63.2 Å². The summed E-state index contributed by atoms with van der Waals surface area (Å²) in [5, 5.41) is 2.72. The molecule has 1 saturated heterocycles. The summed E-state index contributed by atoms with van der Waals surface area (Å²) in [6, 6.07) is 22.1. The van der Waals surface area contributed by atoms with E-state index in [-0.39, 0.29) is 50.9 Å². The summed E-state index contributed by atoms with van der Waals surface area (Å²) in [6.45, 7) is 27.4. The van der Waals surface area contributed by atoms with Gasteiger partial charge in [-0.25, -0.2) is 0 Å². The largest absolute Gasteiger partial charge is 0.462 e. The van der Waals surface area contributed by atoms with Gasteiger partial charge in [0.1, 0.15) is 6.10 Å². The zero-order valence-electron chi connectivity index (χ0n) is 34.9. The SMILES string of the molecule is CC(=O)O[C@@H]1[C@H]([C@@]2(C)CC[C@H](O[Si](c3ccccc3)(c3ccccc3)C(C)(C)C)C[C@@H]2CCO[Si](C)(C)C(C)(C)C)CC[C@@]2(C)[C@@H]1CCC21OCCO1. The zero-order valence-corrected chi connectivity index (χ0v) is 36.9. The molecular weight excluding hydrogens is 693 g/mol. The van der Waals surface area contributed by atoms with Gasteiger partial charge in [0.05, 0.1) is 13.2 Å². The molecule has 1 aliphatic heterocycles. The van der Waals surface area contributed by atoms with Gasteiger partial charge in [0.15, 0.2) is 14.1 Å². The van der Waals surface area contributed by atoms with Crippen LogP contribution in [-0.2, 0) is 27.9 Å². The highest BCUT2D eigenvalue weighted by Crippen LogP contribution is 2.66. The van der Waals surface area contributed by atoms with Gasteiger partial charge in [0, 0.05) is 43.3 Å². The highest BCUT2D eigenvalue weighted by molar-refractivity contribution is 6.99. The number of ether oxygens (including phenoxy) is 3. The molecule has 2 aromatic carbocycles. The Bertz CT molecular complexity index is 1500. The van der Waals surface area contributed by atoms with Crippen LogP contribution in [0.2, 0.25) is 23.2 Å². The van der Waals surface area contributed by atoms with Crippen LogP contribution in [0, 0.1) is 28.6 Å². The predicted octanol–water partition coefficient (Wildman–Crippen LogP) is 9.65. The molecule has 0 amide bonds. The van der Waals surface area contributed by atoms with Gasteiger partial charge >= 0.3 is 5.97 Å². The summed E-state index contributed by atoms with van der Waals surface area (Å²) >= 11 is 0. The standard InChI is InChI=1S/C45H70O6Si2/c1-33(46)50-40-38(23-27-44(9)39(40)24-28-45(44)47-30-31-48-45)43(8)26-22-35(32-34(43)25-29-49-52(10,11)41(2,3)4)51-53(42(5,6)7,36-18-14-12-15-19-36)37-20-16-13-17-21-37/h12-21,34-35,38-40H,22-32H2,1-11H3/t34-,35-,38+,39+,40+,43-,44-/m0/s1. The lowest BCUT2D eigenvalue weighted by Crippen LogP contribution is -2.68. The first-order valence-electron chi connectivity index (χ1n) is 20.7. The molecule has 0 unspecified atom stereocenters. The van der Waals surface area contributed by atoms with Crippen molar-refractivity contribution >= 4 is 33.0 Å². The van der Waals surface area contributed by atoms with Crippen LogP contribution in [0.15, 0.2) is 60.7 Å². The third-order valence-electron chi connectivity index (χ3n) is 15.1. The quantitative estimate of drug-likeness (QED) is 0.178. The van der Waals surface area contributed by atoms with E-state index in [0.717, 1.165) is 58.0 Å². The lowest BCUT2D eigenvalue weighted by Gasteiger charge is -2.58. The van der Waals surface area contributed by atoms with Gasteiger partial charge < -0.3 is 23.1 Å². The molecule has 6 rings (SSSR count). The molecule has 7 atom stereocenters. The molecule has 0 aromatic heterocycles. The number of carbonyl (C=O) groups excluding carboxylic acids is 1. The third-order valence-corrected chi connectivity index (χ3v) is 24.8. The van der Waals surface area contributed by atoms with Crippen molar-refractivity contribution in [2.24, 2.45) is 28.6 Å². The molecule has 8 heteroatoms. The van der Waals surface area contributed by atoms with Crippen LogP contribution in [0.1, 0.15) is 114 Å². The average molecular weight is 763 g/mol. The molecule has 3 saturated carbocycles. The van der Waals surface area contributed by atoms with Crippen molar-refractivity contribution < 1.29 is 27.9 Å². The van der Waals surface area contributed by atoms with Crippen LogP contribution in [0.4, 0.5) is 0 Å². The summed E-state index contributed by atoms with van der Waals surface area (Å²) in [5.41, 5.74) is -0.225. The van der Waals surface area contributed by atoms with E-state index in [4.69, 9.17) is 23.1 Å². The minimum atomic E-state index is -2.74. The first-order valence-corrected chi connectivity index (χ1v) is 25.5. The molecule has 53 heavy (non-hydrogen) atoms. The van der Waals surface area contributed by atoms with Gasteiger partial charge in [-0.3, -0.25) is 4.79 Å². The number of hydrogen-bond acceptors (Lipinski definition) is 6. The van der Waals surface area contributed by atoms with E-state index in [0.29, 0.717) is 19.1 Å². The van der Waals surface area contributed by atoms with Crippen LogP contribution < -0.4 is 10.4 Å². The van der Waals surface area contributed by atoms with Crippen LogP contribution in [0.3, 0.4) is 0 Å². The first kappa shape index (κ1) is 40.8. The van der Waals surface area contributed by atoms with Gasteiger partial charge in [-0.05, 0) is 89.8 Å². The van der Waals surface area contributed by atoms with E-state index in [2.05, 4.69) is 129 Å². The second kappa shape index (κ2) is 14.9. The Morgan fingerprint density at radius 3 is 1.89 bits per heavy atom. The molecule has 294 valence electrons. The second-order valence-electron chi connectivity index (χ2n) is 20.0. The maximum absolute atomic E-state index is 13.0. The maximum Gasteiger partial charge on any atom is 0.302 e. The lowest BCUT2D eigenvalue weighted by atomic mass is 9.51. The lowest BCUT2D eigenvalue weighted by molar-refractivity contribution is -0.252. The van der Waals surface area contributed by atoms with Crippen molar-refractivity contribution in [2.45, 2.75) is 155 Å². The minimum Gasteiger partial charge on any atom is -0.462 e. The monoisotopic (exact) mass is 762 g/mol. The molecule has 4 aliphatic rings. The number of hydrogen-bond donors (Lipinski definition) is 0. The fourth-order valence-electron chi connectivity index (χ4n) is 11.1. The van der Waals surface area contributed by atoms with E-state index in [1.54, 1.807) is 6.92 Å². The summed E-state index contributed by atoms with van der Waals surface area (Å²) in [7, 11) is -4.69. The predicted molar refractivity (Wildman–Crippen MR) is 219 cm³/mol. The Balaban J connectivity index is 1.36. The fraction of sp³-hybridized carbons (Fsp3) is 0.711. The van der Waals surface area contributed by atoms with E-state index >= 15 is 0 Å². The van der Waals surface area contributed by atoms with Crippen molar-refractivity contribution in [3.8, 4) is 0 Å². The summed E-state index contributed by atoms with van der Waals surface area (Å²) in [6.07, 6.45) is 7.76. The van der Waals surface area contributed by atoms with Crippen molar-refractivity contribution in [1.82, 2.24) is 0 Å². The Morgan fingerprint density at radius 2 is 1.36 bits per heavy atom. The molecule has 6 nitrogen and oxygen atoms in total. The number of rotatable bonds is 10. The molecule has 0 N–H and O–H groups in total. The molecular formula is C45H70O6Si2. The molecule has 1 heterocycles. The van der Waals surface area contributed by atoms with Crippen LogP contribution in [0.25, 0.3) is 0 Å². The van der Waals surface area contributed by atoms with Crippen LogP contribution in [-0.4, -0.2) is 60.4 Å². The van der Waals surface area contributed by atoms with Crippen molar-refractivity contribution in [1.29, 1.82) is 0 Å². The molecule has 3 aliphatic carbocycles. The smallest absolute Gasteiger partial charge is 0.302 e. The Morgan fingerprint density at radius 1 is 0.792 bits per heavy atom. The summed E-state index contributed by atoms with van der Waals surface area (Å²) < 4.78 is 34.2. The highest BCUT2D eigenvalue weighted by atomic mass is 28.4. The molecule has 4 fully saturated rings. The number of carbonyl (C=O) groups is 1. The second-order valence-corrected chi connectivity index (χ2v) is 29.1. The highest BCUT2D eigenvalue weighted by Gasteiger charge is 2.68. The van der Waals surface area contributed by atoms with E-state index in [1.807, 2.05) is 0 Å². The Kier molecular flexibility index (Phi) is 11.5. The Labute approximate surface area is 323 Å². The minimum absolute atomic E-state index is 0.0450. The fourth-order valence-corrected chi connectivity index (χ4v) is 16.9. The van der Waals surface area contributed by atoms with Crippen LogP contribution >= 0.6 is 0 Å². The van der Waals surface area contributed by atoms with Gasteiger partial charge in [0.2, 0.25) is 0 Å². The summed E-state index contributed by atoms with van der Waals surface area (Å²) in [4.78, 5) is 13.0. The van der Waals surface area contributed by atoms with E-state index in [9.17, 15) is 4.79 Å². The number of benzene rings is 2. The molecule has 2 aromatic rings. The molecule has 0 radical (unpaired) electrons. The van der Waals surface area contributed by atoms with Gasteiger partial charge in [0.25, 0.3) is 8.32 Å². The van der Waals surface area contributed by atoms with E-state index < -0.39 is 22.4 Å². The van der Waals surface area contributed by atoms with Gasteiger partial charge in [-0.1, -0.05) is 116 Å². The third kappa shape index (κ3) is 7.32. The average Bonchev–Trinajstić information content (AvgIpc) is 3.69. The Hall–Kier alpha value is -1.82. The molecule has 0 bridgehead atoms. The van der Waals surface area contributed by atoms with Crippen molar-refractivity contribution in [3.05, 3.63) is 60.7 Å². The number of fused-ring (bicyclic) bond motifs is 2. The van der Waals surface area contributed by atoms with Crippen LogP contribution in [0.5, 0.6) is 0 Å². The normalized spacial score (nSPS) is 32.1. The maximum atomic E-state index is 13.0. The first-order chi connectivity index (χ1) is 24.8. The molecule has 1 spiro atoms. The van der Waals surface area contributed by atoms with Gasteiger partial charge in [-0.15, -0.1) is 0 Å². The number of esters is 1.